The minimum Gasteiger partial charge on any atom is -0.319 e. The Labute approximate surface area is 141 Å². The third kappa shape index (κ3) is 2.85. The number of hydrogen-bond acceptors (Lipinski definition) is 4. The van der Waals surface area contributed by atoms with Gasteiger partial charge in [0.05, 0.1) is 15.1 Å². The van der Waals surface area contributed by atoms with Gasteiger partial charge in [-0.2, -0.15) is 4.99 Å². The van der Waals surface area contributed by atoms with Crippen molar-refractivity contribution in [3.63, 3.8) is 0 Å². The Morgan fingerprint density at radius 3 is 2.62 bits per heavy atom. The van der Waals surface area contributed by atoms with Crippen molar-refractivity contribution < 1.29 is 9.72 Å². The van der Waals surface area contributed by atoms with E-state index in [2.05, 4.69) is 4.99 Å². The second-order valence-corrected chi connectivity index (χ2v) is 6.60. The van der Waals surface area contributed by atoms with E-state index >= 15 is 0 Å². The molecule has 0 atom stereocenters. The van der Waals surface area contributed by atoms with Crippen LogP contribution in [-0.4, -0.2) is 15.4 Å². The Kier molecular flexibility index (Phi) is 4.02. The van der Waals surface area contributed by atoms with Crippen LogP contribution in [0.15, 0.2) is 41.4 Å². The molecule has 3 rings (SSSR count). The fourth-order valence-corrected chi connectivity index (χ4v) is 3.59. The molecule has 24 heavy (non-hydrogen) atoms. The fourth-order valence-electron chi connectivity index (χ4n) is 2.54. The van der Waals surface area contributed by atoms with Crippen LogP contribution in [0.4, 0.5) is 5.69 Å². The van der Waals surface area contributed by atoms with E-state index in [1.54, 1.807) is 23.7 Å². The number of thiazole rings is 1. The maximum atomic E-state index is 12.5. The summed E-state index contributed by atoms with van der Waals surface area (Å²) in [7, 11) is 1.79. The van der Waals surface area contributed by atoms with Gasteiger partial charge in [-0.1, -0.05) is 29.0 Å². The molecule has 0 unspecified atom stereocenters. The van der Waals surface area contributed by atoms with Gasteiger partial charge in [-0.3, -0.25) is 14.9 Å². The lowest BCUT2D eigenvalue weighted by Gasteiger charge is -2.02. The van der Waals surface area contributed by atoms with Crippen molar-refractivity contribution in [1.29, 1.82) is 0 Å². The largest absolute Gasteiger partial charge is 0.319 e. The first-order valence-corrected chi connectivity index (χ1v) is 8.09. The molecule has 3 aromatic rings. The second-order valence-electron chi connectivity index (χ2n) is 5.59. The fraction of sp³-hybridized carbons (Fsp3) is 0.176. The van der Waals surface area contributed by atoms with Crippen LogP contribution in [0.25, 0.3) is 10.2 Å². The van der Waals surface area contributed by atoms with E-state index in [9.17, 15) is 14.9 Å². The highest BCUT2D eigenvalue weighted by Gasteiger charge is 2.12. The Bertz CT molecular complexity index is 1050. The zero-order valence-electron chi connectivity index (χ0n) is 13.4. The van der Waals surface area contributed by atoms with E-state index in [1.807, 2.05) is 26.0 Å². The lowest BCUT2D eigenvalue weighted by Crippen LogP contribution is -2.13. The van der Waals surface area contributed by atoms with E-state index < -0.39 is 4.92 Å². The van der Waals surface area contributed by atoms with Gasteiger partial charge in [0, 0.05) is 24.7 Å². The van der Waals surface area contributed by atoms with Gasteiger partial charge < -0.3 is 4.57 Å². The van der Waals surface area contributed by atoms with Gasteiger partial charge in [0.25, 0.3) is 11.6 Å². The highest BCUT2D eigenvalue weighted by molar-refractivity contribution is 7.16. The normalized spacial score (nSPS) is 11.9. The molecule has 6 nitrogen and oxygen atoms in total. The van der Waals surface area contributed by atoms with Crippen LogP contribution in [0.2, 0.25) is 0 Å². The summed E-state index contributed by atoms with van der Waals surface area (Å²) in [5, 5.41) is 10.9. The third-order valence-electron chi connectivity index (χ3n) is 3.81. The lowest BCUT2D eigenvalue weighted by atomic mass is 10.1. The average Bonchev–Trinajstić information content (AvgIpc) is 2.82. The molecule has 0 N–H and O–H groups in total. The number of fused-ring (bicyclic) bond motifs is 1. The highest BCUT2D eigenvalue weighted by atomic mass is 32.1. The van der Waals surface area contributed by atoms with E-state index in [0.29, 0.717) is 10.4 Å². The van der Waals surface area contributed by atoms with Crippen LogP contribution in [0.5, 0.6) is 0 Å². The van der Waals surface area contributed by atoms with E-state index in [1.165, 1.54) is 23.5 Å². The number of aryl methyl sites for hydroxylation is 3. The van der Waals surface area contributed by atoms with Crippen molar-refractivity contribution in [2.75, 3.05) is 0 Å². The molecule has 0 fully saturated rings. The highest BCUT2D eigenvalue weighted by Crippen LogP contribution is 2.22. The van der Waals surface area contributed by atoms with Crippen molar-refractivity contribution in [1.82, 2.24) is 4.57 Å². The summed E-state index contributed by atoms with van der Waals surface area (Å²) in [6.07, 6.45) is 0. The zero-order valence-corrected chi connectivity index (χ0v) is 14.3. The summed E-state index contributed by atoms with van der Waals surface area (Å²) in [6.45, 7) is 3.85. The van der Waals surface area contributed by atoms with E-state index in [4.69, 9.17) is 0 Å². The molecule has 0 aliphatic rings. The number of amides is 1. The molecule has 1 aromatic heterocycles. The van der Waals surface area contributed by atoms with Crippen LogP contribution in [0.1, 0.15) is 21.5 Å². The standard InChI is InChI=1S/C17H15N3O3S/c1-10-4-6-13(11(2)8-10)16(21)18-17-19(3)14-7-5-12(20(22)23)9-15(14)24-17/h4-9H,1-3H3. The smallest absolute Gasteiger partial charge is 0.279 e. The second kappa shape index (κ2) is 6.01. The Morgan fingerprint density at radius 2 is 1.96 bits per heavy atom. The molecule has 1 heterocycles. The van der Waals surface area contributed by atoms with Gasteiger partial charge in [0.15, 0.2) is 4.80 Å². The maximum Gasteiger partial charge on any atom is 0.279 e. The van der Waals surface area contributed by atoms with Crippen molar-refractivity contribution in [2.45, 2.75) is 13.8 Å². The summed E-state index contributed by atoms with van der Waals surface area (Å²) < 4.78 is 2.49. The van der Waals surface area contributed by atoms with Gasteiger partial charge in [-0.25, -0.2) is 0 Å². The summed E-state index contributed by atoms with van der Waals surface area (Å²) in [5.41, 5.74) is 3.35. The van der Waals surface area contributed by atoms with E-state index in [0.717, 1.165) is 21.3 Å². The maximum absolute atomic E-state index is 12.5. The van der Waals surface area contributed by atoms with Crippen LogP contribution in [0.3, 0.4) is 0 Å². The number of benzene rings is 2. The molecule has 0 spiro atoms. The summed E-state index contributed by atoms with van der Waals surface area (Å²) in [6, 6.07) is 10.2. The molecule has 0 saturated heterocycles. The van der Waals surface area contributed by atoms with Gasteiger partial charge in [-0.15, -0.1) is 0 Å². The number of carbonyl (C=O) groups excluding carboxylic acids is 1. The molecular formula is C17H15N3O3S. The van der Waals surface area contributed by atoms with Gasteiger partial charge >= 0.3 is 0 Å². The molecule has 0 radical (unpaired) electrons. The first-order valence-electron chi connectivity index (χ1n) is 7.27. The predicted molar refractivity (Wildman–Crippen MR) is 93.3 cm³/mol. The monoisotopic (exact) mass is 341 g/mol. The number of hydrogen-bond donors (Lipinski definition) is 0. The predicted octanol–water partition coefficient (Wildman–Crippen LogP) is 3.51. The number of nitro groups is 1. The first kappa shape index (κ1) is 16.1. The van der Waals surface area contributed by atoms with Crippen molar-refractivity contribution in [3.8, 4) is 0 Å². The number of carbonyl (C=O) groups is 1. The van der Waals surface area contributed by atoms with Crippen LogP contribution in [0, 0.1) is 24.0 Å². The molecule has 1 amide bonds. The molecule has 2 aromatic carbocycles. The Balaban J connectivity index is 2.11. The first-order chi connectivity index (χ1) is 11.4. The van der Waals surface area contributed by atoms with Crippen LogP contribution in [-0.2, 0) is 7.05 Å². The number of rotatable bonds is 2. The molecule has 0 saturated carbocycles. The molecule has 122 valence electrons. The molecule has 0 bridgehead atoms. The zero-order chi connectivity index (χ0) is 17.4. The quantitative estimate of drug-likeness (QED) is 0.528. The van der Waals surface area contributed by atoms with Gasteiger partial charge in [-0.05, 0) is 31.5 Å². The van der Waals surface area contributed by atoms with E-state index in [-0.39, 0.29) is 11.6 Å². The molecular weight excluding hydrogens is 326 g/mol. The molecule has 7 heteroatoms. The topological polar surface area (TPSA) is 77.5 Å². The Morgan fingerprint density at radius 1 is 1.21 bits per heavy atom. The van der Waals surface area contributed by atoms with Crippen molar-refractivity contribution >= 4 is 33.1 Å². The number of aromatic nitrogens is 1. The third-order valence-corrected chi connectivity index (χ3v) is 4.91. The Hall–Kier alpha value is -2.80. The minimum absolute atomic E-state index is 0.0246. The SMILES string of the molecule is Cc1ccc(C(=O)N=c2sc3cc([N+](=O)[O-])ccc3n2C)c(C)c1. The summed E-state index contributed by atoms with van der Waals surface area (Å²) in [5.74, 6) is -0.316. The summed E-state index contributed by atoms with van der Waals surface area (Å²) >= 11 is 1.26. The average molecular weight is 341 g/mol. The number of non-ortho nitro benzene ring substituents is 1. The number of nitro benzene ring substituents is 1. The lowest BCUT2D eigenvalue weighted by molar-refractivity contribution is -0.384. The van der Waals surface area contributed by atoms with Crippen LogP contribution >= 0.6 is 11.3 Å². The molecule has 0 aliphatic carbocycles. The minimum atomic E-state index is -0.434. The summed E-state index contributed by atoms with van der Waals surface area (Å²) in [4.78, 5) is 27.6. The van der Waals surface area contributed by atoms with Gasteiger partial charge in [0.2, 0.25) is 0 Å². The molecule has 0 aliphatic heterocycles. The van der Waals surface area contributed by atoms with Gasteiger partial charge in [0.1, 0.15) is 0 Å². The van der Waals surface area contributed by atoms with Crippen LogP contribution < -0.4 is 4.80 Å². The van der Waals surface area contributed by atoms with Crippen molar-refractivity contribution in [3.05, 3.63) is 68.0 Å². The number of nitrogens with zero attached hydrogens (tertiary/aromatic N) is 3. The van der Waals surface area contributed by atoms with Crippen molar-refractivity contribution in [2.24, 2.45) is 12.0 Å².